The first-order valence-electron chi connectivity index (χ1n) is 9.79. The average molecular weight is 468 g/mol. The molecule has 0 aromatic heterocycles. The molecular weight excluding hydrogens is 442 g/mol. The van der Waals surface area contributed by atoms with E-state index in [1.807, 2.05) is 24.3 Å². The van der Waals surface area contributed by atoms with Crippen molar-refractivity contribution in [1.82, 2.24) is 9.62 Å². The van der Waals surface area contributed by atoms with Gasteiger partial charge in [0, 0.05) is 26.2 Å². The van der Waals surface area contributed by atoms with Gasteiger partial charge in [-0.3, -0.25) is 4.79 Å². The Morgan fingerprint density at radius 3 is 2.29 bits per heavy atom. The molecule has 1 N–H and O–H groups in total. The molecule has 1 fully saturated rings. The molecule has 0 saturated carbocycles. The van der Waals surface area contributed by atoms with Crippen molar-refractivity contribution in [3.05, 3.63) is 47.5 Å². The number of sulfonamides is 1. The van der Waals surface area contributed by atoms with Gasteiger partial charge in [-0.15, -0.1) is 0 Å². The fourth-order valence-corrected chi connectivity index (χ4v) is 5.04. The first-order valence-corrected chi connectivity index (χ1v) is 11.7. The zero-order chi connectivity index (χ0) is 22.6. The number of piperazine rings is 1. The number of nitrogens with zero attached hydrogens (tertiary/aromatic N) is 2. The Hall–Kier alpha value is -2.49. The molecule has 1 amide bonds. The van der Waals surface area contributed by atoms with Crippen molar-refractivity contribution < 1.29 is 22.7 Å². The van der Waals surface area contributed by atoms with Crippen LogP contribution in [0, 0.1) is 0 Å². The highest BCUT2D eigenvalue weighted by Gasteiger charge is 2.29. The van der Waals surface area contributed by atoms with Crippen LogP contribution in [0.15, 0.2) is 47.4 Å². The van der Waals surface area contributed by atoms with Crippen LogP contribution in [-0.2, 0) is 14.8 Å². The van der Waals surface area contributed by atoms with Crippen LogP contribution in [-0.4, -0.2) is 65.7 Å². The summed E-state index contributed by atoms with van der Waals surface area (Å²) in [5, 5.41) is 0.178. The van der Waals surface area contributed by atoms with E-state index in [9.17, 15) is 13.2 Å². The minimum Gasteiger partial charge on any atom is -0.495 e. The number of carbonyl (C=O) groups excluding carboxylic acids is 1. The minimum absolute atomic E-state index is 0.0288. The Labute approximate surface area is 187 Å². The predicted octanol–water partition coefficient (Wildman–Crippen LogP) is 2.37. The Bertz CT molecular complexity index is 1040. The van der Waals surface area contributed by atoms with Crippen molar-refractivity contribution >= 4 is 33.2 Å². The third kappa shape index (κ3) is 5.23. The lowest BCUT2D eigenvalue weighted by atomic mass is 10.2. The third-order valence-electron chi connectivity index (χ3n) is 5.15. The number of ether oxygens (including phenoxy) is 2. The summed E-state index contributed by atoms with van der Waals surface area (Å²) in [7, 11) is -0.844. The summed E-state index contributed by atoms with van der Waals surface area (Å²) in [5.74, 6) is 0.877. The van der Waals surface area contributed by atoms with Gasteiger partial charge in [0.05, 0.1) is 35.9 Å². The summed E-state index contributed by atoms with van der Waals surface area (Å²) >= 11 is 6.04. The average Bonchev–Trinajstić information content (AvgIpc) is 2.78. The van der Waals surface area contributed by atoms with Crippen LogP contribution in [0.5, 0.6) is 11.5 Å². The van der Waals surface area contributed by atoms with Crippen LogP contribution in [0.1, 0.15) is 6.92 Å². The number of carbonyl (C=O) groups is 1. The molecule has 3 rings (SSSR count). The second-order valence-electron chi connectivity index (χ2n) is 7.12. The molecule has 1 saturated heterocycles. The lowest BCUT2D eigenvalue weighted by Gasteiger charge is -2.37. The molecule has 2 aromatic rings. The van der Waals surface area contributed by atoms with Gasteiger partial charge in [0.25, 0.3) is 0 Å². The van der Waals surface area contributed by atoms with Gasteiger partial charge in [-0.1, -0.05) is 23.7 Å². The maximum absolute atomic E-state index is 12.9. The second kappa shape index (κ2) is 9.76. The van der Waals surface area contributed by atoms with Crippen LogP contribution in [0.4, 0.5) is 5.69 Å². The van der Waals surface area contributed by atoms with E-state index in [0.29, 0.717) is 31.9 Å². The van der Waals surface area contributed by atoms with Crippen LogP contribution < -0.4 is 19.1 Å². The number of hydrogen-bond donors (Lipinski definition) is 1. The summed E-state index contributed by atoms with van der Waals surface area (Å²) in [6.07, 6.45) is 0. The summed E-state index contributed by atoms with van der Waals surface area (Å²) in [4.78, 5) is 16.6. The van der Waals surface area contributed by atoms with E-state index in [1.54, 1.807) is 12.0 Å². The fraction of sp³-hybridized carbons (Fsp3) is 0.381. The van der Waals surface area contributed by atoms with E-state index in [4.69, 9.17) is 21.1 Å². The van der Waals surface area contributed by atoms with E-state index in [1.165, 1.54) is 32.2 Å². The lowest BCUT2D eigenvalue weighted by Crippen LogP contribution is -2.54. The number of nitrogens with one attached hydrogen (secondary N) is 1. The van der Waals surface area contributed by atoms with Gasteiger partial charge >= 0.3 is 0 Å². The van der Waals surface area contributed by atoms with Gasteiger partial charge in [-0.25, -0.2) is 8.42 Å². The van der Waals surface area contributed by atoms with E-state index < -0.39 is 16.1 Å². The molecule has 0 spiro atoms. The first-order chi connectivity index (χ1) is 14.8. The SMILES string of the molecule is COc1ccc(S(=O)(=O)N[C@H](C)C(=O)N2CCN(c3ccccc3OC)CC2)cc1Cl. The van der Waals surface area contributed by atoms with Crippen molar-refractivity contribution in [2.24, 2.45) is 0 Å². The van der Waals surface area contributed by atoms with E-state index >= 15 is 0 Å². The van der Waals surface area contributed by atoms with Crippen LogP contribution >= 0.6 is 11.6 Å². The Morgan fingerprint density at radius 1 is 1.03 bits per heavy atom. The standard InChI is InChI=1S/C21H26ClN3O5S/c1-15(23-31(27,28)16-8-9-19(29-2)17(22)14-16)21(26)25-12-10-24(11-13-25)18-6-4-5-7-20(18)30-3/h4-9,14-15,23H,10-13H2,1-3H3/t15-/m1/s1. The molecule has 1 heterocycles. The van der Waals surface area contributed by atoms with Crippen LogP contribution in [0.2, 0.25) is 5.02 Å². The van der Waals surface area contributed by atoms with E-state index in [0.717, 1.165) is 11.4 Å². The predicted molar refractivity (Wildman–Crippen MR) is 120 cm³/mol. The minimum atomic E-state index is -3.92. The molecule has 1 atom stereocenters. The second-order valence-corrected chi connectivity index (χ2v) is 9.24. The molecule has 2 aromatic carbocycles. The largest absolute Gasteiger partial charge is 0.495 e. The fourth-order valence-electron chi connectivity index (χ4n) is 3.50. The van der Waals surface area contributed by atoms with E-state index in [2.05, 4.69) is 9.62 Å². The monoisotopic (exact) mass is 467 g/mol. The smallest absolute Gasteiger partial charge is 0.241 e. The maximum Gasteiger partial charge on any atom is 0.241 e. The summed E-state index contributed by atoms with van der Waals surface area (Å²) < 4.78 is 38.3. The molecular formula is C21H26ClN3O5S. The highest BCUT2D eigenvalue weighted by atomic mass is 35.5. The molecule has 0 bridgehead atoms. The van der Waals surface area contributed by atoms with Crippen LogP contribution in [0.3, 0.4) is 0 Å². The molecule has 10 heteroatoms. The number of methoxy groups -OCH3 is 2. The first kappa shape index (κ1) is 23.2. The Morgan fingerprint density at radius 2 is 1.68 bits per heavy atom. The summed E-state index contributed by atoms with van der Waals surface area (Å²) in [5.41, 5.74) is 0.974. The maximum atomic E-state index is 12.9. The molecule has 0 radical (unpaired) electrons. The van der Waals surface area contributed by atoms with Gasteiger partial charge < -0.3 is 19.3 Å². The van der Waals surface area contributed by atoms with Crippen molar-refractivity contribution in [2.45, 2.75) is 17.9 Å². The summed E-state index contributed by atoms with van der Waals surface area (Å²) in [6.45, 7) is 3.76. The number of benzene rings is 2. The number of anilines is 1. The number of halogens is 1. The molecule has 168 valence electrons. The van der Waals surface area contributed by atoms with Gasteiger partial charge in [-0.05, 0) is 37.3 Å². The lowest BCUT2D eigenvalue weighted by molar-refractivity contribution is -0.132. The molecule has 31 heavy (non-hydrogen) atoms. The highest BCUT2D eigenvalue weighted by Crippen LogP contribution is 2.29. The highest BCUT2D eigenvalue weighted by molar-refractivity contribution is 7.89. The molecule has 8 nitrogen and oxygen atoms in total. The van der Waals surface area contributed by atoms with Gasteiger partial charge in [0.1, 0.15) is 11.5 Å². The topological polar surface area (TPSA) is 88.2 Å². The summed E-state index contributed by atoms with van der Waals surface area (Å²) in [6, 6.07) is 11.0. The molecule has 0 aliphatic carbocycles. The number of hydrogen-bond acceptors (Lipinski definition) is 6. The number of rotatable bonds is 7. The van der Waals surface area contributed by atoms with Crippen molar-refractivity contribution in [3.8, 4) is 11.5 Å². The molecule has 1 aliphatic heterocycles. The number of para-hydroxylation sites is 2. The van der Waals surface area contributed by atoms with Crippen molar-refractivity contribution in [3.63, 3.8) is 0 Å². The van der Waals surface area contributed by atoms with Gasteiger partial charge in [0.2, 0.25) is 15.9 Å². The Balaban J connectivity index is 1.62. The zero-order valence-electron chi connectivity index (χ0n) is 17.7. The number of amides is 1. The van der Waals surface area contributed by atoms with Crippen molar-refractivity contribution in [2.75, 3.05) is 45.3 Å². The van der Waals surface area contributed by atoms with Crippen LogP contribution in [0.25, 0.3) is 0 Å². The van der Waals surface area contributed by atoms with Gasteiger partial charge in [0.15, 0.2) is 0 Å². The molecule has 1 aliphatic rings. The Kier molecular flexibility index (Phi) is 7.30. The van der Waals surface area contributed by atoms with E-state index in [-0.39, 0.29) is 15.8 Å². The molecule has 0 unspecified atom stereocenters. The quantitative estimate of drug-likeness (QED) is 0.672. The van der Waals surface area contributed by atoms with Gasteiger partial charge in [-0.2, -0.15) is 4.72 Å². The zero-order valence-corrected chi connectivity index (χ0v) is 19.2. The van der Waals surface area contributed by atoms with Crippen molar-refractivity contribution in [1.29, 1.82) is 0 Å². The normalized spacial score (nSPS) is 15.5. The third-order valence-corrected chi connectivity index (χ3v) is 6.99.